The third-order valence-electron chi connectivity index (χ3n) is 4.89. The molecule has 1 saturated heterocycles. The molecule has 0 spiro atoms. The fourth-order valence-electron chi connectivity index (χ4n) is 3.54. The van der Waals surface area contributed by atoms with Crippen molar-refractivity contribution in [1.82, 2.24) is 29.7 Å². The molecule has 1 aliphatic heterocycles. The number of aromatic amines is 1. The molecule has 3 aromatic heterocycles. The lowest BCUT2D eigenvalue weighted by molar-refractivity contribution is 0.0748. The molecule has 0 bridgehead atoms. The number of hydrogen-bond donors (Lipinski definition) is 1. The molecular weight excluding hydrogens is 330 g/mol. The Balaban J connectivity index is 1.36. The molecule has 26 heavy (non-hydrogen) atoms. The smallest absolute Gasteiger partial charge is 0.254 e. The van der Waals surface area contributed by atoms with Gasteiger partial charge >= 0.3 is 0 Å². The lowest BCUT2D eigenvalue weighted by atomic mass is 10.1. The van der Waals surface area contributed by atoms with Crippen LogP contribution >= 0.6 is 0 Å². The molecule has 8 nitrogen and oxygen atoms in total. The molecule has 0 saturated carbocycles. The number of aromatic nitrogens is 5. The molecule has 4 heterocycles. The Bertz CT molecular complexity index is 1090. The van der Waals surface area contributed by atoms with Crippen LogP contribution in [0.25, 0.3) is 16.4 Å². The predicted molar refractivity (Wildman–Crippen MR) is 97.2 cm³/mol. The van der Waals surface area contributed by atoms with Crippen LogP contribution in [0.5, 0.6) is 0 Å². The van der Waals surface area contributed by atoms with E-state index in [9.17, 15) is 4.79 Å². The summed E-state index contributed by atoms with van der Waals surface area (Å²) in [5.74, 6) is 0.959. The first-order valence-electron chi connectivity index (χ1n) is 8.56. The van der Waals surface area contributed by atoms with Gasteiger partial charge in [-0.25, -0.2) is 9.50 Å². The first-order chi connectivity index (χ1) is 12.8. The van der Waals surface area contributed by atoms with Gasteiger partial charge in [0.15, 0.2) is 5.82 Å². The Kier molecular flexibility index (Phi) is 3.34. The Morgan fingerprint density at radius 3 is 2.85 bits per heavy atom. The number of amides is 1. The number of nitrogens with one attached hydrogen (secondary N) is 1. The fraction of sp³-hybridized carbons (Fsp3) is 0.222. The maximum absolute atomic E-state index is 13.0. The number of anilines is 1. The van der Waals surface area contributed by atoms with Crippen molar-refractivity contribution in [1.29, 1.82) is 0 Å². The van der Waals surface area contributed by atoms with Crippen LogP contribution in [0.1, 0.15) is 10.4 Å². The van der Waals surface area contributed by atoms with Crippen molar-refractivity contribution in [2.24, 2.45) is 0 Å². The van der Waals surface area contributed by atoms with Gasteiger partial charge in [-0.3, -0.25) is 9.89 Å². The summed E-state index contributed by atoms with van der Waals surface area (Å²) in [7, 11) is 0. The van der Waals surface area contributed by atoms with E-state index in [1.165, 1.54) is 0 Å². The minimum absolute atomic E-state index is 0.0483. The van der Waals surface area contributed by atoms with Crippen molar-refractivity contribution >= 4 is 28.1 Å². The van der Waals surface area contributed by atoms with Gasteiger partial charge in [0.05, 0.1) is 17.3 Å². The van der Waals surface area contributed by atoms with Crippen molar-refractivity contribution < 1.29 is 4.79 Å². The molecule has 0 atom stereocenters. The van der Waals surface area contributed by atoms with E-state index in [1.807, 2.05) is 45.9 Å². The van der Waals surface area contributed by atoms with E-state index in [0.717, 1.165) is 35.3 Å². The van der Waals surface area contributed by atoms with Crippen LogP contribution in [-0.2, 0) is 0 Å². The summed E-state index contributed by atoms with van der Waals surface area (Å²) in [5.41, 5.74) is 2.56. The summed E-state index contributed by atoms with van der Waals surface area (Å²) in [4.78, 5) is 21.5. The van der Waals surface area contributed by atoms with E-state index in [0.29, 0.717) is 18.7 Å². The molecule has 4 aromatic rings. The number of carbonyl (C=O) groups is 1. The lowest BCUT2D eigenvalue weighted by Crippen LogP contribution is -2.49. The van der Waals surface area contributed by atoms with Gasteiger partial charge in [0.1, 0.15) is 11.8 Å². The van der Waals surface area contributed by atoms with Crippen molar-refractivity contribution in [2.45, 2.75) is 0 Å². The minimum atomic E-state index is 0.0483. The highest BCUT2D eigenvalue weighted by molar-refractivity contribution is 6.06. The summed E-state index contributed by atoms with van der Waals surface area (Å²) in [6.45, 7) is 2.80. The van der Waals surface area contributed by atoms with E-state index in [1.54, 1.807) is 12.5 Å². The number of carbonyl (C=O) groups excluding carboxylic acids is 1. The number of hydrogen-bond acceptors (Lipinski definition) is 5. The monoisotopic (exact) mass is 347 g/mol. The molecule has 130 valence electrons. The molecule has 0 unspecified atom stereocenters. The average Bonchev–Trinajstić information content (AvgIpc) is 3.36. The van der Waals surface area contributed by atoms with Crippen molar-refractivity contribution in [2.75, 3.05) is 31.1 Å². The van der Waals surface area contributed by atoms with Crippen molar-refractivity contribution in [3.63, 3.8) is 0 Å². The van der Waals surface area contributed by atoms with Gasteiger partial charge in [0.25, 0.3) is 5.91 Å². The lowest BCUT2D eigenvalue weighted by Gasteiger charge is -2.35. The molecule has 1 aliphatic rings. The zero-order valence-electron chi connectivity index (χ0n) is 14.0. The molecule has 8 heteroatoms. The number of piperazine rings is 1. The van der Waals surface area contributed by atoms with Gasteiger partial charge in [0.2, 0.25) is 0 Å². The maximum Gasteiger partial charge on any atom is 0.254 e. The second-order valence-electron chi connectivity index (χ2n) is 6.34. The standard InChI is InChI=1S/C18H17N7O/c26-18(13-3-1-4-15-14(13)11-20-22-15)24-9-7-23(8-10-24)17-16-5-2-6-25(16)21-12-19-17/h1-6,11-12H,7-10H2,(H,20,22). The summed E-state index contributed by atoms with van der Waals surface area (Å²) >= 11 is 0. The van der Waals surface area contributed by atoms with Crippen molar-refractivity contribution in [3.05, 3.63) is 54.6 Å². The Morgan fingerprint density at radius 2 is 1.96 bits per heavy atom. The second-order valence-corrected chi connectivity index (χ2v) is 6.34. The number of nitrogens with zero attached hydrogens (tertiary/aromatic N) is 6. The normalized spacial score (nSPS) is 15.1. The quantitative estimate of drug-likeness (QED) is 0.595. The van der Waals surface area contributed by atoms with Crippen LogP contribution in [-0.4, -0.2) is 61.8 Å². The van der Waals surface area contributed by atoms with Crippen LogP contribution in [0.4, 0.5) is 5.82 Å². The Labute approximate surface area is 149 Å². The number of fused-ring (bicyclic) bond motifs is 2. The minimum Gasteiger partial charge on any atom is -0.351 e. The SMILES string of the molecule is O=C(c1cccc2[nH]ncc12)N1CCN(c2ncnn3cccc23)CC1. The zero-order chi connectivity index (χ0) is 17.5. The molecule has 1 amide bonds. The highest BCUT2D eigenvalue weighted by Crippen LogP contribution is 2.22. The molecule has 1 aromatic carbocycles. The van der Waals surface area contributed by atoms with E-state index in [4.69, 9.17) is 0 Å². The third kappa shape index (κ3) is 2.30. The number of H-pyrrole nitrogens is 1. The molecule has 0 aliphatic carbocycles. The number of rotatable bonds is 2. The van der Waals surface area contributed by atoms with Crippen LogP contribution in [0.15, 0.2) is 49.1 Å². The van der Waals surface area contributed by atoms with Gasteiger partial charge < -0.3 is 9.80 Å². The Morgan fingerprint density at radius 1 is 1.08 bits per heavy atom. The molecule has 1 fully saturated rings. The topological polar surface area (TPSA) is 82.4 Å². The van der Waals surface area contributed by atoms with Crippen LogP contribution < -0.4 is 4.90 Å². The summed E-state index contributed by atoms with van der Waals surface area (Å²) in [5, 5.41) is 12.0. The predicted octanol–water partition coefficient (Wildman–Crippen LogP) is 1.57. The average molecular weight is 347 g/mol. The summed E-state index contributed by atoms with van der Waals surface area (Å²) in [6.07, 6.45) is 5.19. The fourth-order valence-corrected chi connectivity index (χ4v) is 3.54. The van der Waals surface area contributed by atoms with Crippen LogP contribution in [0.2, 0.25) is 0 Å². The van der Waals surface area contributed by atoms with Gasteiger partial charge in [-0.1, -0.05) is 6.07 Å². The molecule has 1 N–H and O–H groups in total. The zero-order valence-corrected chi connectivity index (χ0v) is 14.0. The number of benzene rings is 1. The second kappa shape index (κ2) is 5.83. The van der Waals surface area contributed by atoms with Gasteiger partial charge in [0, 0.05) is 37.8 Å². The first-order valence-corrected chi connectivity index (χ1v) is 8.56. The van der Waals surface area contributed by atoms with Gasteiger partial charge in [-0.05, 0) is 24.3 Å². The largest absolute Gasteiger partial charge is 0.351 e. The Hall–Kier alpha value is -3.42. The van der Waals surface area contributed by atoms with Gasteiger partial charge in [-0.2, -0.15) is 10.2 Å². The van der Waals surface area contributed by atoms with E-state index in [2.05, 4.69) is 25.2 Å². The molecule has 0 radical (unpaired) electrons. The van der Waals surface area contributed by atoms with Crippen molar-refractivity contribution in [3.8, 4) is 0 Å². The summed E-state index contributed by atoms with van der Waals surface area (Å²) in [6, 6.07) is 9.63. The van der Waals surface area contributed by atoms with Gasteiger partial charge in [-0.15, -0.1) is 0 Å². The van der Waals surface area contributed by atoms with Crippen LogP contribution in [0.3, 0.4) is 0 Å². The third-order valence-corrected chi connectivity index (χ3v) is 4.89. The molecular formula is C18H17N7O. The van der Waals surface area contributed by atoms with E-state index >= 15 is 0 Å². The van der Waals surface area contributed by atoms with E-state index < -0.39 is 0 Å². The highest BCUT2D eigenvalue weighted by atomic mass is 16.2. The highest BCUT2D eigenvalue weighted by Gasteiger charge is 2.25. The van der Waals surface area contributed by atoms with E-state index in [-0.39, 0.29) is 5.91 Å². The molecule has 5 rings (SSSR count). The maximum atomic E-state index is 13.0. The first kappa shape index (κ1) is 14.9. The van der Waals surface area contributed by atoms with Crippen LogP contribution in [0, 0.1) is 0 Å². The summed E-state index contributed by atoms with van der Waals surface area (Å²) < 4.78 is 1.82.